The van der Waals surface area contributed by atoms with Crippen LogP contribution in [0.2, 0.25) is 0 Å². The van der Waals surface area contributed by atoms with Gasteiger partial charge in [-0.05, 0) is 31.0 Å². The van der Waals surface area contributed by atoms with Gasteiger partial charge in [-0.25, -0.2) is 8.42 Å². The van der Waals surface area contributed by atoms with Gasteiger partial charge in [-0.2, -0.15) is 8.42 Å². The molecule has 7 N–H and O–H groups in total. The molecular formula is C11H19N3O5S2. The van der Waals surface area contributed by atoms with E-state index in [0.717, 1.165) is 0 Å². The van der Waals surface area contributed by atoms with Crippen LogP contribution in [-0.2, 0) is 26.4 Å². The minimum Gasteiger partial charge on any atom is -0.397 e. The van der Waals surface area contributed by atoms with Crippen LogP contribution >= 0.6 is 0 Å². The molecular weight excluding hydrogens is 318 g/mol. The third-order valence-electron chi connectivity index (χ3n) is 2.88. The Bertz CT molecular complexity index is 714. The Morgan fingerprint density at radius 1 is 1.05 bits per heavy atom. The first-order chi connectivity index (χ1) is 9.58. The summed E-state index contributed by atoms with van der Waals surface area (Å²) in [5.41, 5.74) is 17.2. The van der Waals surface area contributed by atoms with Crippen LogP contribution < -0.4 is 17.2 Å². The maximum absolute atomic E-state index is 12.3. The van der Waals surface area contributed by atoms with Crippen molar-refractivity contribution in [2.24, 2.45) is 5.73 Å². The van der Waals surface area contributed by atoms with Crippen molar-refractivity contribution in [3.8, 4) is 0 Å². The Kier molecular flexibility index (Phi) is 5.56. The van der Waals surface area contributed by atoms with E-state index in [4.69, 9.17) is 21.8 Å². The molecule has 0 aliphatic rings. The van der Waals surface area contributed by atoms with E-state index in [1.54, 1.807) is 0 Å². The SMILES string of the molecule is NCCCc1ccc(N)c(N)c1S(=O)(=O)CCS(=O)(=O)O. The van der Waals surface area contributed by atoms with Crippen molar-refractivity contribution in [2.45, 2.75) is 17.7 Å². The van der Waals surface area contributed by atoms with Gasteiger partial charge in [0.1, 0.15) is 0 Å². The number of aryl methyl sites for hydroxylation is 1. The lowest BCUT2D eigenvalue weighted by Gasteiger charge is -2.14. The Morgan fingerprint density at radius 3 is 2.19 bits per heavy atom. The van der Waals surface area contributed by atoms with Crippen molar-refractivity contribution in [1.82, 2.24) is 0 Å². The van der Waals surface area contributed by atoms with E-state index in [2.05, 4.69) is 0 Å². The van der Waals surface area contributed by atoms with Crippen molar-refractivity contribution in [3.63, 3.8) is 0 Å². The topological polar surface area (TPSA) is 167 Å². The van der Waals surface area contributed by atoms with E-state index >= 15 is 0 Å². The van der Waals surface area contributed by atoms with Crippen LogP contribution in [0.5, 0.6) is 0 Å². The first-order valence-electron chi connectivity index (χ1n) is 6.13. The van der Waals surface area contributed by atoms with Gasteiger partial charge in [-0.1, -0.05) is 6.07 Å². The molecule has 0 saturated carbocycles. The molecule has 0 fully saturated rings. The van der Waals surface area contributed by atoms with E-state index in [9.17, 15) is 16.8 Å². The highest BCUT2D eigenvalue weighted by atomic mass is 32.2. The maximum atomic E-state index is 12.3. The van der Waals surface area contributed by atoms with Gasteiger partial charge in [0, 0.05) is 0 Å². The quantitative estimate of drug-likeness (QED) is 0.378. The first-order valence-corrected chi connectivity index (χ1v) is 9.39. The van der Waals surface area contributed by atoms with Crippen molar-refractivity contribution < 1.29 is 21.4 Å². The number of benzene rings is 1. The molecule has 0 heterocycles. The summed E-state index contributed by atoms with van der Waals surface area (Å²) in [7, 11) is -8.38. The number of sulfone groups is 1. The van der Waals surface area contributed by atoms with Crippen molar-refractivity contribution in [1.29, 1.82) is 0 Å². The lowest BCUT2D eigenvalue weighted by Crippen LogP contribution is -2.20. The number of anilines is 2. The Morgan fingerprint density at radius 2 is 1.67 bits per heavy atom. The summed E-state index contributed by atoms with van der Waals surface area (Å²) in [6, 6.07) is 3.02. The highest BCUT2D eigenvalue weighted by molar-refractivity contribution is 7.93. The molecule has 0 bridgehead atoms. The first kappa shape index (κ1) is 17.7. The second-order valence-electron chi connectivity index (χ2n) is 4.55. The second kappa shape index (κ2) is 6.60. The average molecular weight is 337 g/mol. The van der Waals surface area contributed by atoms with Crippen molar-refractivity contribution >= 4 is 31.3 Å². The summed E-state index contributed by atoms with van der Waals surface area (Å²) in [5, 5.41) is 0. The average Bonchev–Trinajstić information content (AvgIpc) is 2.37. The molecule has 0 radical (unpaired) electrons. The lowest BCUT2D eigenvalue weighted by molar-refractivity contribution is 0.484. The van der Waals surface area contributed by atoms with Crippen LogP contribution in [-0.4, -0.2) is 39.4 Å². The third-order valence-corrected chi connectivity index (χ3v) is 5.71. The fraction of sp³-hybridized carbons (Fsp3) is 0.455. The van der Waals surface area contributed by atoms with Crippen LogP contribution in [0.4, 0.5) is 11.4 Å². The molecule has 1 aromatic rings. The van der Waals surface area contributed by atoms with Gasteiger partial charge in [-0.3, -0.25) is 4.55 Å². The van der Waals surface area contributed by atoms with Gasteiger partial charge in [0.25, 0.3) is 10.1 Å². The normalized spacial score (nSPS) is 12.5. The van der Waals surface area contributed by atoms with E-state index in [1.807, 2.05) is 0 Å². The van der Waals surface area contributed by atoms with Crippen molar-refractivity contribution in [2.75, 3.05) is 29.5 Å². The number of rotatable bonds is 7. The van der Waals surface area contributed by atoms with Gasteiger partial charge >= 0.3 is 0 Å². The van der Waals surface area contributed by atoms with Gasteiger partial charge in [0.2, 0.25) is 0 Å². The zero-order valence-electron chi connectivity index (χ0n) is 11.3. The standard InChI is InChI=1S/C11H19N3O5S2/c12-5-1-2-8-3-4-9(13)10(14)11(8)20(15,16)6-7-21(17,18)19/h3-4H,1-2,5-7,12-14H2,(H,17,18,19). The highest BCUT2D eigenvalue weighted by Gasteiger charge is 2.25. The molecule has 120 valence electrons. The minimum absolute atomic E-state index is 0.0944. The number of hydrogen-bond donors (Lipinski definition) is 4. The van der Waals surface area contributed by atoms with Gasteiger partial charge in [-0.15, -0.1) is 0 Å². The fourth-order valence-electron chi connectivity index (χ4n) is 1.83. The lowest BCUT2D eigenvalue weighted by atomic mass is 10.1. The molecule has 21 heavy (non-hydrogen) atoms. The number of hydrogen-bond acceptors (Lipinski definition) is 7. The summed E-state index contributed by atoms with van der Waals surface area (Å²) < 4.78 is 54.8. The van der Waals surface area contributed by atoms with Crippen LogP contribution in [0.1, 0.15) is 12.0 Å². The number of nitrogen functional groups attached to an aromatic ring is 2. The Balaban J connectivity index is 3.28. The zero-order valence-corrected chi connectivity index (χ0v) is 13.0. The Labute approximate surface area is 124 Å². The molecule has 0 aromatic heterocycles. The molecule has 1 aromatic carbocycles. The molecule has 0 saturated heterocycles. The minimum atomic E-state index is -4.39. The largest absolute Gasteiger partial charge is 0.397 e. The monoisotopic (exact) mass is 337 g/mol. The molecule has 0 spiro atoms. The zero-order chi connectivity index (χ0) is 16.3. The molecule has 0 aliphatic heterocycles. The molecule has 8 nitrogen and oxygen atoms in total. The van der Waals surface area contributed by atoms with E-state index < -0.39 is 31.5 Å². The van der Waals surface area contributed by atoms with Crippen LogP contribution in [0.25, 0.3) is 0 Å². The molecule has 1 rings (SSSR count). The summed E-state index contributed by atoms with van der Waals surface area (Å²) in [6.45, 7) is 0.370. The number of nitrogens with two attached hydrogens (primary N) is 3. The molecule has 10 heteroatoms. The fourth-order valence-corrected chi connectivity index (χ4v) is 4.78. The van der Waals surface area contributed by atoms with Gasteiger partial charge < -0.3 is 17.2 Å². The van der Waals surface area contributed by atoms with E-state index in [-0.39, 0.29) is 16.3 Å². The van der Waals surface area contributed by atoms with Gasteiger partial charge in [0.05, 0.1) is 27.8 Å². The predicted octanol–water partition coefficient (Wildman–Crippen LogP) is -0.596. The molecule has 0 amide bonds. The predicted molar refractivity (Wildman–Crippen MR) is 81.1 cm³/mol. The van der Waals surface area contributed by atoms with Crippen LogP contribution in [0.15, 0.2) is 17.0 Å². The molecule has 0 atom stereocenters. The summed E-state index contributed by atoms with van der Waals surface area (Å²) in [6.07, 6.45) is 0.922. The van der Waals surface area contributed by atoms with Gasteiger partial charge in [0.15, 0.2) is 9.84 Å². The molecule has 0 unspecified atom stereocenters. The molecule has 0 aliphatic carbocycles. The maximum Gasteiger partial charge on any atom is 0.265 e. The summed E-state index contributed by atoms with van der Waals surface area (Å²) in [5.74, 6) is -1.67. The van der Waals surface area contributed by atoms with Crippen LogP contribution in [0, 0.1) is 0 Å². The smallest absolute Gasteiger partial charge is 0.265 e. The third kappa shape index (κ3) is 4.84. The Hall–Kier alpha value is -1.36. The van der Waals surface area contributed by atoms with E-state index in [0.29, 0.717) is 24.9 Å². The summed E-state index contributed by atoms with van der Waals surface area (Å²) in [4.78, 5) is -0.181. The second-order valence-corrected chi connectivity index (χ2v) is 8.17. The van der Waals surface area contributed by atoms with Crippen LogP contribution in [0.3, 0.4) is 0 Å². The summed E-state index contributed by atoms with van der Waals surface area (Å²) >= 11 is 0. The van der Waals surface area contributed by atoms with Crippen molar-refractivity contribution in [3.05, 3.63) is 17.7 Å². The van der Waals surface area contributed by atoms with E-state index in [1.165, 1.54) is 12.1 Å². The highest BCUT2D eigenvalue weighted by Crippen LogP contribution is 2.30.